The Bertz CT molecular complexity index is 1390. The number of anilines is 1. The van der Waals surface area contributed by atoms with E-state index in [0.29, 0.717) is 19.5 Å². The molecule has 2 amide bonds. The first-order valence-electron chi connectivity index (χ1n) is 14.2. The third-order valence-corrected chi connectivity index (χ3v) is 7.63. The van der Waals surface area contributed by atoms with Gasteiger partial charge in [0.25, 0.3) is 0 Å². The molecule has 1 atom stereocenters. The standard InChI is InChI=1S/C34H42N4O2/c1-6-30(27-12-8-7-9-13-27)34(40)38(25(2)3)24-33(39)37(23-26-16-18-29(19-17-26)36(4)5)21-20-28-22-35-32-15-11-10-14-31(28)32/h7-19,22,25,30,35H,6,20-21,23-24H2,1-5H3. The third-order valence-electron chi connectivity index (χ3n) is 7.63. The number of amides is 2. The Labute approximate surface area is 238 Å². The summed E-state index contributed by atoms with van der Waals surface area (Å²) in [5.41, 5.74) is 5.45. The first-order chi connectivity index (χ1) is 19.3. The summed E-state index contributed by atoms with van der Waals surface area (Å²) in [4.78, 5) is 36.8. The molecule has 6 nitrogen and oxygen atoms in total. The first kappa shape index (κ1) is 28.9. The van der Waals surface area contributed by atoms with Crippen LogP contribution < -0.4 is 4.90 Å². The fraction of sp³-hybridized carbons (Fsp3) is 0.353. The van der Waals surface area contributed by atoms with Gasteiger partial charge in [-0.25, -0.2) is 0 Å². The van der Waals surface area contributed by atoms with E-state index in [1.807, 2.05) is 88.4 Å². The predicted octanol–water partition coefficient (Wildman–Crippen LogP) is 6.24. The summed E-state index contributed by atoms with van der Waals surface area (Å²) in [5.74, 6) is -0.305. The van der Waals surface area contributed by atoms with Crippen LogP contribution in [0.2, 0.25) is 0 Å². The maximum absolute atomic E-state index is 13.9. The van der Waals surface area contributed by atoms with E-state index in [0.717, 1.165) is 28.8 Å². The average Bonchev–Trinajstić information content (AvgIpc) is 3.38. The highest BCUT2D eigenvalue weighted by atomic mass is 16.2. The number of carbonyl (C=O) groups excluding carboxylic acids is 2. The number of fused-ring (bicyclic) bond motifs is 1. The van der Waals surface area contributed by atoms with Gasteiger partial charge in [0.2, 0.25) is 11.8 Å². The zero-order valence-corrected chi connectivity index (χ0v) is 24.4. The maximum atomic E-state index is 13.9. The summed E-state index contributed by atoms with van der Waals surface area (Å²) in [6.45, 7) is 7.11. The summed E-state index contributed by atoms with van der Waals surface area (Å²) in [7, 11) is 4.03. The molecule has 0 bridgehead atoms. The minimum Gasteiger partial charge on any atom is -0.378 e. The van der Waals surface area contributed by atoms with Gasteiger partial charge in [0.05, 0.1) is 5.92 Å². The molecule has 4 aromatic rings. The molecule has 0 aliphatic carbocycles. The molecule has 0 spiro atoms. The number of carbonyl (C=O) groups is 2. The Balaban J connectivity index is 1.56. The highest BCUT2D eigenvalue weighted by Crippen LogP contribution is 2.24. The van der Waals surface area contributed by atoms with E-state index in [1.54, 1.807) is 4.90 Å². The molecule has 1 unspecified atom stereocenters. The van der Waals surface area contributed by atoms with Crippen molar-refractivity contribution in [1.82, 2.24) is 14.8 Å². The zero-order chi connectivity index (χ0) is 28.6. The van der Waals surface area contributed by atoms with E-state index in [-0.39, 0.29) is 30.3 Å². The van der Waals surface area contributed by atoms with Crippen LogP contribution in [0.3, 0.4) is 0 Å². The van der Waals surface area contributed by atoms with Gasteiger partial charge in [-0.15, -0.1) is 0 Å². The van der Waals surface area contributed by atoms with Gasteiger partial charge in [0.1, 0.15) is 6.54 Å². The van der Waals surface area contributed by atoms with Gasteiger partial charge in [0, 0.05) is 56.0 Å². The molecule has 40 heavy (non-hydrogen) atoms. The summed E-state index contributed by atoms with van der Waals surface area (Å²) in [6, 6.07) is 26.3. The van der Waals surface area contributed by atoms with Gasteiger partial charge in [-0.3, -0.25) is 9.59 Å². The molecule has 1 heterocycles. The van der Waals surface area contributed by atoms with Gasteiger partial charge in [0.15, 0.2) is 0 Å². The van der Waals surface area contributed by atoms with Crippen molar-refractivity contribution in [1.29, 1.82) is 0 Å². The van der Waals surface area contributed by atoms with Crippen LogP contribution >= 0.6 is 0 Å². The van der Waals surface area contributed by atoms with Crippen molar-refractivity contribution in [3.8, 4) is 0 Å². The van der Waals surface area contributed by atoms with Gasteiger partial charge >= 0.3 is 0 Å². The Morgan fingerprint density at radius 1 is 0.875 bits per heavy atom. The fourth-order valence-corrected chi connectivity index (χ4v) is 5.20. The molecule has 210 valence electrons. The number of benzene rings is 3. The topological polar surface area (TPSA) is 59.7 Å². The molecular weight excluding hydrogens is 496 g/mol. The molecule has 0 saturated heterocycles. The van der Waals surface area contributed by atoms with Crippen LogP contribution in [0.5, 0.6) is 0 Å². The minimum atomic E-state index is -0.269. The second-order valence-electron chi connectivity index (χ2n) is 10.9. The molecule has 0 fully saturated rings. The number of hydrogen-bond acceptors (Lipinski definition) is 3. The highest BCUT2D eigenvalue weighted by Gasteiger charge is 2.29. The lowest BCUT2D eigenvalue weighted by atomic mass is 9.94. The molecule has 1 N–H and O–H groups in total. The van der Waals surface area contributed by atoms with Crippen molar-refractivity contribution in [3.63, 3.8) is 0 Å². The van der Waals surface area contributed by atoms with Gasteiger partial charge in [-0.2, -0.15) is 0 Å². The van der Waals surface area contributed by atoms with Crippen molar-refractivity contribution in [2.24, 2.45) is 0 Å². The first-order valence-corrected chi connectivity index (χ1v) is 14.2. The molecular formula is C34H42N4O2. The Hall–Kier alpha value is -4.06. The largest absolute Gasteiger partial charge is 0.378 e. The SMILES string of the molecule is CCC(C(=O)N(CC(=O)N(CCc1c[nH]c2ccccc12)Cc1ccc(N(C)C)cc1)C(C)C)c1ccccc1. The summed E-state index contributed by atoms with van der Waals surface area (Å²) < 4.78 is 0. The molecule has 6 heteroatoms. The van der Waals surface area contributed by atoms with E-state index >= 15 is 0 Å². The predicted molar refractivity (Wildman–Crippen MR) is 165 cm³/mol. The van der Waals surface area contributed by atoms with E-state index in [2.05, 4.69) is 46.3 Å². The molecule has 3 aromatic carbocycles. The van der Waals surface area contributed by atoms with Crippen LogP contribution in [0.4, 0.5) is 5.69 Å². The Morgan fingerprint density at radius 2 is 1.55 bits per heavy atom. The zero-order valence-electron chi connectivity index (χ0n) is 24.4. The smallest absolute Gasteiger partial charge is 0.242 e. The Kier molecular flexibility index (Phi) is 9.65. The number of aromatic amines is 1. The average molecular weight is 539 g/mol. The summed E-state index contributed by atoms with van der Waals surface area (Å²) in [6.07, 6.45) is 3.44. The Morgan fingerprint density at radius 3 is 2.20 bits per heavy atom. The van der Waals surface area contributed by atoms with E-state index in [4.69, 9.17) is 0 Å². The second-order valence-corrected chi connectivity index (χ2v) is 10.9. The number of aromatic nitrogens is 1. The summed E-state index contributed by atoms with van der Waals surface area (Å²) >= 11 is 0. The van der Waals surface area contributed by atoms with Crippen LogP contribution in [0.25, 0.3) is 10.9 Å². The van der Waals surface area contributed by atoms with E-state index in [1.165, 1.54) is 10.9 Å². The van der Waals surface area contributed by atoms with E-state index in [9.17, 15) is 9.59 Å². The van der Waals surface area contributed by atoms with Crippen molar-refractivity contribution in [3.05, 3.63) is 102 Å². The van der Waals surface area contributed by atoms with Crippen LogP contribution in [0.15, 0.2) is 85.1 Å². The molecule has 1 aromatic heterocycles. The van der Waals surface area contributed by atoms with Crippen LogP contribution in [0.1, 0.15) is 49.8 Å². The number of hydrogen-bond donors (Lipinski definition) is 1. The highest BCUT2D eigenvalue weighted by molar-refractivity contribution is 5.89. The second kappa shape index (κ2) is 13.3. The molecule has 0 saturated carbocycles. The van der Waals surface area contributed by atoms with Gasteiger partial charge < -0.3 is 19.7 Å². The monoisotopic (exact) mass is 538 g/mol. The van der Waals surface area contributed by atoms with Crippen molar-refractivity contribution < 1.29 is 9.59 Å². The van der Waals surface area contributed by atoms with Crippen molar-refractivity contribution in [2.75, 3.05) is 32.1 Å². The minimum absolute atomic E-state index is 0.00367. The number of rotatable bonds is 12. The fourth-order valence-electron chi connectivity index (χ4n) is 5.20. The third kappa shape index (κ3) is 6.92. The van der Waals surface area contributed by atoms with Gasteiger partial charge in [-0.05, 0) is 61.6 Å². The van der Waals surface area contributed by atoms with E-state index < -0.39 is 0 Å². The number of H-pyrrole nitrogens is 1. The van der Waals surface area contributed by atoms with Crippen LogP contribution in [0, 0.1) is 0 Å². The molecule has 4 rings (SSSR count). The quantitative estimate of drug-likeness (QED) is 0.232. The lowest BCUT2D eigenvalue weighted by Crippen LogP contribution is -2.47. The lowest BCUT2D eigenvalue weighted by Gasteiger charge is -2.32. The molecule has 0 aliphatic heterocycles. The number of nitrogens with zero attached hydrogens (tertiary/aromatic N) is 3. The summed E-state index contributed by atoms with van der Waals surface area (Å²) in [5, 5.41) is 1.18. The van der Waals surface area contributed by atoms with Crippen molar-refractivity contribution >= 4 is 28.4 Å². The maximum Gasteiger partial charge on any atom is 0.242 e. The van der Waals surface area contributed by atoms with Gasteiger partial charge in [-0.1, -0.05) is 67.6 Å². The molecule has 0 radical (unpaired) electrons. The number of nitrogens with one attached hydrogen (secondary N) is 1. The normalized spacial score (nSPS) is 11.9. The lowest BCUT2D eigenvalue weighted by molar-refractivity contribution is -0.143. The van der Waals surface area contributed by atoms with Crippen LogP contribution in [-0.4, -0.2) is 59.8 Å². The number of para-hydroxylation sites is 1. The van der Waals surface area contributed by atoms with Crippen molar-refractivity contribution in [2.45, 2.75) is 52.1 Å². The van der Waals surface area contributed by atoms with Crippen LogP contribution in [-0.2, 0) is 22.6 Å². The molecule has 0 aliphatic rings.